The van der Waals surface area contributed by atoms with E-state index in [9.17, 15) is 4.79 Å². The second-order valence-corrected chi connectivity index (χ2v) is 2.16. The zero-order valence-electron chi connectivity index (χ0n) is 6.73. The van der Waals surface area contributed by atoms with Crippen LogP contribution in [0.15, 0.2) is 12.4 Å². The topological polar surface area (TPSA) is 64.3 Å². The number of methoxy groups -OCH3 is 1. The molecule has 0 aromatic carbocycles. The fraction of sp³-hybridized carbons (Fsp3) is 0.429. The van der Waals surface area contributed by atoms with Crippen LogP contribution in [0.4, 0.5) is 0 Å². The fourth-order valence-electron chi connectivity index (χ4n) is 0.879. The molecule has 0 radical (unpaired) electrons. The summed E-state index contributed by atoms with van der Waals surface area (Å²) in [5.74, 6) is -0.278. The monoisotopic (exact) mass is 170 g/mol. The lowest BCUT2D eigenvalue weighted by atomic mass is 10.5. The summed E-state index contributed by atoms with van der Waals surface area (Å²) in [6.07, 6.45) is 3.10. The van der Waals surface area contributed by atoms with Gasteiger partial charge in [-0.05, 0) is 0 Å². The summed E-state index contributed by atoms with van der Waals surface area (Å²) in [4.78, 5) is 14.8. The van der Waals surface area contributed by atoms with Crippen LogP contribution in [-0.4, -0.2) is 34.3 Å². The second-order valence-electron chi connectivity index (χ2n) is 2.16. The van der Waals surface area contributed by atoms with Crippen molar-refractivity contribution in [1.29, 1.82) is 0 Å². The number of hydrogen-bond acceptors (Lipinski definition) is 4. The summed E-state index contributed by atoms with van der Waals surface area (Å²) in [7, 11) is 1.29. The van der Waals surface area contributed by atoms with Crippen LogP contribution in [0.1, 0.15) is 10.6 Å². The summed E-state index contributed by atoms with van der Waals surface area (Å²) in [6.45, 7) is 0.324. The Morgan fingerprint density at radius 1 is 1.83 bits per heavy atom. The summed E-state index contributed by atoms with van der Waals surface area (Å²) >= 11 is 0. The predicted octanol–water partition coefficient (Wildman–Crippen LogP) is -0.338. The number of aliphatic hydroxyl groups excluding tert-OH is 1. The summed E-state index contributed by atoms with van der Waals surface area (Å²) in [5, 5.41) is 8.62. The maximum Gasteiger partial charge on any atom is 0.374 e. The third-order valence-corrected chi connectivity index (χ3v) is 1.42. The highest BCUT2D eigenvalue weighted by atomic mass is 16.5. The average molecular weight is 170 g/mol. The molecule has 5 nitrogen and oxygen atoms in total. The number of imidazole rings is 1. The van der Waals surface area contributed by atoms with Gasteiger partial charge >= 0.3 is 5.97 Å². The number of aromatic nitrogens is 2. The van der Waals surface area contributed by atoms with E-state index in [0.717, 1.165) is 0 Å². The zero-order valence-corrected chi connectivity index (χ0v) is 6.73. The van der Waals surface area contributed by atoms with E-state index in [4.69, 9.17) is 5.11 Å². The lowest BCUT2D eigenvalue weighted by molar-refractivity contribution is 0.0580. The van der Waals surface area contributed by atoms with Crippen LogP contribution in [-0.2, 0) is 11.3 Å². The molecule has 0 saturated carbocycles. The summed E-state index contributed by atoms with van der Waals surface area (Å²) < 4.78 is 6.01. The Morgan fingerprint density at radius 3 is 3.17 bits per heavy atom. The van der Waals surface area contributed by atoms with E-state index in [1.54, 1.807) is 6.20 Å². The molecule has 0 spiro atoms. The normalized spacial score (nSPS) is 9.83. The molecular formula is C7H10N2O3. The molecule has 0 saturated heterocycles. The Balaban J connectivity index is 2.83. The number of esters is 1. The van der Waals surface area contributed by atoms with Gasteiger partial charge in [-0.2, -0.15) is 0 Å². The molecule has 0 aliphatic heterocycles. The first-order valence-electron chi connectivity index (χ1n) is 3.50. The molecule has 0 amide bonds. The van der Waals surface area contributed by atoms with E-state index in [1.807, 2.05) is 0 Å². The van der Waals surface area contributed by atoms with Crippen molar-refractivity contribution in [3.05, 3.63) is 18.2 Å². The number of rotatable bonds is 3. The molecule has 0 bridgehead atoms. The van der Waals surface area contributed by atoms with Crippen molar-refractivity contribution < 1.29 is 14.6 Å². The van der Waals surface area contributed by atoms with Crippen molar-refractivity contribution in [3.63, 3.8) is 0 Å². The van der Waals surface area contributed by atoms with Gasteiger partial charge < -0.3 is 14.4 Å². The number of carbonyl (C=O) groups excluding carboxylic acids is 1. The Hall–Kier alpha value is -1.36. The van der Waals surface area contributed by atoms with Crippen LogP contribution in [0, 0.1) is 0 Å². The summed E-state index contributed by atoms with van der Waals surface area (Å²) in [5.41, 5.74) is 0. The van der Waals surface area contributed by atoms with E-state index in [0.29, 0.717) is 6.54 Å². The predicted molar refractivity (Wildman–Crippen MR) is 40.7 cm³/mol. The first-order chi connectivity index (χ1) is 5.79. The fourth-order valence-corrected chi connectivity index (χ4v) is 0.879. The highest BCUT2D eigenvalue weighted by Gasteiger charge is 2.11. The van der Waals surface area contributed by atoms with E-state index < -0.39 is 5.97 Å². The van der Waals surface area contributed by atoms with Gasteiger partial charge in [0.25, 0.3) is 0 Å². The van der Waals surface area contributed by atoms with Gasteiger partial charge in [0.2, 0.25) is 5.82 Å². The Morgan fingerprint density at radius 2 is 2.58 bits per heavy atom. The van der Waals surface area contributed by atoms with Gasteiger partial charge in [-0.1, -0.05) is 0 Å². The van der Waals surface area contributed by atoms with Gasteiger partial charge in [-0.3, -0.25) is 0 Å². The van der Waals surface area contributed by atoms with Gasteiger partial charge in [-0.25, -0.2) is 9.78 Å². The lowest BCUT2D eigenvalue weighted by Crippen LogP contribution is -2.13. The van der Waals surface area contributed by atoms with Crippen molar-refractivity contribution in [2.45, 2.75) is 6.54 Å². The minimum atomic E-state index is -0.492. The standard InChI is InChI=1S/C7H10N2O3/c1-12-7(11)6-8-2-3-9(6)4-5-10/h2-3,10H,4-5H2,1H3. The van der Waals surface area contributed by atoms with Crippen LogP contribution in [0.25, 0.3) is 0 Å². The van der Waals surface area contributed by atoms with Crippen LogP contribution < -0.4 is 0 Å². The Kier molecular flexibility index (Phi) is 2.82. The quantitative estimate of drug-likeness (QED) is 0.630. The number of ether oxygens (including phenoxy) is 1. The molecule has 12 heavy (non-hydrogen) atoms. The van der Waals surface area contributed by atoms with Crippen molar-refractivity contribution in [1.82, 2.24) is 9.55 Å². The molecule has 0 atom stereocenters. The maximum absolute atomic E-state index is 11.0. The number of hydrogen-bond donors (Lipinski definition) is 1. The van der Waals surface area contributed by atoms with Crippen LogP contribution >= 0.6 is 0 Å². The number of nitrogens with zero attached hydrogens (tertiary/aromatic N) is 2. The van der Waals surface area contributed by atoms with Crippen LogP contribution in [0.2, 0.25) is 0 Å². The molecule has 0 aliphatic rings. The third kappa shape index (κ3) is 1.62. The molecule has 0 fully saturated rings. The largest absolute Gasteiger partial charge is 0.463 e. The van der Waals surface area contributed by atoms with Gasteiger partial charge in [0.1, 0.15) is 0 Å². The van der Waals surface area contributed by atoms with Gasteiger partial charge in [0.15, 0.2) is 0 Å². The second kappa shape index (κ2) is 3.87. The molecule has 1 heterocycles. The molecule has 0 unspecified atom stereocenters. The Labute approximate surface area is 69.6 Å². The van der Waals surface area contributed by atoms with Crippen molar-refractivity contribution in [2.75, 3.05) is 13.7 Å². The highest BCUT2D eigenvalue weighted by molar-refractivity contribution is 5.85. The molecular weight excluding hydrogens is 160 g/mol. The van der Waals surface area contributed by atoms with Crippen molar-refractivity contribution in [2.24, 2.45) is 0 Å². The summed E-state index contributed by atoms with van der Waals surface area (Å²) in [6, 6.07) is 0. The molecule has 1 N–H and O–H groups in total. The van der Waals surface area contributed by atoms with E-state index in [-0.39, 0.29) is 12.4 Å². The van der Waals surface area contributed by atoms with Gasteiger partial charge in [0, 0.05) is 18.9 Å². The first kappa shape index (κ1) is 8.73. The molecule has 0 aliphatic carbocycles. The van der Waals surface area contributed by atoms with Crippen molar-refractivity contribution in [3.8, 4) is 0 Å². The number of carbonyl (C=O) groups is 1. The van der Waals surface area contributed by atoms with Gasteiger partial charge in [-0.15, -0.1) is 0 Å². The lowest BCUT2D eigenvalue weighted by Gasteiger charge is -2.02. The molecule has 1 rings (SSSR count). The van der Waals surface area contributed by atoms with E-state index in [2.05, 4.69) is 9.72 Å². The van der Waals surface area contributed by atoms with E-state index >= 15 is 0 Å². The SMILES string of the molecule is COC(=O)c1nccn1CCO. The van der Waals surface area contributed by atoms with Crippen LogP contribution in [0.5, 0.6) is 0 Å². The van der Waals surface area contributed by atoms with Crippen LogP contribution in [0.3, 0.4) is 0 Å². The number of aliphatic hydroxyl groups is 1. The van der Waals surface area contributed by atoms with E-state index in [1.165, 1.54) is 17.9 Å². The maximum atomic E-state index is 11.0. The minimum absolute atomic E-state index is 0.0274. The minimum Gasteiger partial charge on any atom is -0.463 e. The average Bonchev–Trinajstić information content (AvgIpc) is 2.52. The first-order valence-corrected chi connectivity index (χ1v) is 3.50. The van der Waals surface area contributed by atoms with Gasteiger partial charge in [0.05, 0.1) is 13.7 Å². The highest BCUT2D eigenvalue weighted by Crippen LogP contribution is 1.98. The van der Waals surface area contributed by atoms with Crippen molar-refractivity contribution >= 4 is 5.97 Å². The molecule has 5 heteroatoms. The molecule has 1 aromatic rings. The molecule has 66 valence electrons. The zero-order chi connectivity index (χ0) is 8.97. The molecule has 1 aromatic heterocycles. The third-order valence-electron chi connectivity index (χ3n) is 1.42. The smallest absolute Gasteiger partial charge is 0.374 e. The Bertz CT molecular complexity index is 269.